The third-order valence-electron chi connectivity index (χ3n) is 2.33. The number of nitrogens with zero attached hydrogens (tertiary/aromatic N) is 1. The Hall–Kier alpha value is -0.150. The number of halogens is 1. The van der Waals surface area contributed by atoms with Crippen LogP contribution < -0.4 is 0 Å². The van der Waals surface area contributed by atoms with Gasteiger partial charge in [0, 0.05) is 19.2 Å². The van der Waals surface area contributed by atoms with Crippen molar-refractivity contribution in [3.63, 3.8) is 0 Å². The summed E-state index contributed by atoms with van der Waals surface area (Å²) in [5.41, 5.74) is 0. The summed E-state index contributed by atoms with van der Waals surface area (Å²) in [5, 5.41) is 0. The van der Waals surface area contributed by atoms with E-state index in [0.717, 1.165) is 19.6 Å². The van der Waals surface area contributed by atoms with Gasteiger partial charge in [-0.3, -0.25) is 4.90 Å². The minimum atomic E-state index is -0.293. The Bertz CT molecular complexity index is 130. The molecule has 0 aliphatic carbocycles. The molecule has 0 radical (unpaired) electrons. The highest BCUT2D eigenvalue weighted by Gasteiger charge is 2.23. The summed E-state index contributed by atoms with van der Waals surface area (Å²) in [6.07, 6.45) is 1.02. The highest BCUT2D eigenvalue weighted by molar-refractivity contribution is 4.75. The Labute approximate surface area is 73.7 Å². The molecule has 0 amide bonds. The molecule has 0 aromatic rings. The van der Waals surface area contributed by atoms with Gasteiger partial charge in [0.1, 0.15) is 6.67 Å². The molecule has 1 aliphatic heterocycles. The largest absolute Gasteiger partial charge is 0.380 e. The summed E-state index contributed by atoms with van der Waals surface area (Å²) in [7, 11) is 0. The average molecular weight is 175 g/mol. The van der Waals surface area contributed by atoms with E-state index in [0.29, 0.717) is 12.6 Å². The molecule has 0 aromatic heterocycles. The molecule has 1 fully saturated rings. The van der Waals surface area contributed by atoms with Crippen molar-refractivity contribution in [2.45, 2.75) is 32.4 Å². The first-order valence-electron chi connectivity index (χ1n) is 4.65. The van der Waals surface area contributed by atoms with Gasteiger partial charge in [-0.25, -0.2) is 4.39 Å². The first-order valence-corrected chi connectivity index (χ1v) is 4.65. The van der Waals surface area contributed by atoms with Gasteiger partial charge in [0.05, 0.1) is 12.6 Å². The summed E-state index contributed by atoms with van der Waals surface area (Å²) in [6, 6.07) is 0.403. The van der Waals surface area contributed by atoms with Crippen molar-refractivity contribution in [3.8, 4) is 0 Å². The number of hydrogen-bond donors (Lipinski definition) is 0. The summed E-state index contributed by atoms with van der Waals surface area (Å²) >= 11 is 0. The van der Waals surface area contributed by atoms with Gasteiger partial charge in [-0.2, -0.15) is 0 Å². The number of hydrogen-bond acceptors (Lipinski definition) is 2. The summed E-state index contributed by atoms with van der Waals surface area (Å²) in [4.78, 5) is 2.19. The van der Waals surface area contributed by atoms with Crippen LogP contribution in [0.5, 0.6) is 0 Å². The highest BCUT2D eigenvalue weighted by Crippen LogP contribution is 2.11. The normalized spacial score (nSPS) is 27.5. The standard InChI is InChI=1S/C9H18FNO/c1-8(2)11-4-3-5-12-7-9(11)6-10/h8-9H,3-7H2,1-2H3/t9-/m0/s1. The summed E-state index contributed by atoms with van der Waals surface area (Å²) in [5.74, 6) is 0. The van der Waals surface area contributed by atoms with Gasteiger partial charge in [-0.1, -0.05) is 0 Å². The fourth-order valence-corrected chi connectivity index (χ4v) is 1.66. The molecule has 1 rings (SSSR count). The van der Waals surface area contributed by atoms with Gasteiger partial charge in [-0.15, -0.1) is 0 Å². The molecule has 0 bridgehead atoms. The van der Waals surface area contributed by atoms with Crippen molar-refractivity contribution in [2.75, 3.05) is 26.4 Å². The third kappa shape index (κ3) is 2.42. The minimum Gasteiger partial charge on any atom is -0.380 e. The lowest BCUT2D eigenvalue weighted by Crippen LogP contribution is -2.43. The smallest absolute Gasteiger partial charge is 0.107 e. The quantitative estimate of drug-likeness (QED) is 0.630. The monoisotopic (exact) mass is 175 g/mol. The molecular formula is C9H18FNO. The molecular weight excluding hydrogens is 157 g/mol. The molecule has 1 atom stereocenters. The Morgan fingerprint density at radius 3 is 2.92 bits per heavy atom. The Balaban J connectivity index is 2.51. The topological polar surface area (TPSA) is 12.5 Å². The van der Waals surface area contributed by atoms with Gasteiger partial charge in [0.15, 0.2) is 0 Å². The first-order chi connectivity index (χ1) is 5.75. The van der Waals surface area contributed by atoms with Crippen LogP contribution in [0.25, 0.3) is 0 Å². The van der Waals surface area contributed by atoms with Crippen LogP contribution in [-0.4, -0.2) is 43.4 Å². The van der Waals surface area contributed by atoms with E-state index in [4.69, 9.17) is 4.74 Å². The fourth-order valence-electron chi connectivity index (χ4n) is 1.66. The van der Waals surface area contributed by atoms with Gasteiger partial charge < -0.3 is 4.74 Å². The maximum atomic E-state index is 12.5. The van der Waals surface area contributed by atoms with Crippen molar-refractivity contribution in [1.82, 2.24) is 4.90 Å². The maximum absolute atomic E-state index is 12.5. The molecule has 0 N–H and O–H groups in total. The molecule has 0 spiro atoms. The molecule has 3 heteroatoms. The van der Waals surface area contributed by atoms with Crippen LogP contribution in [0.3, 0.4) is 0 Å². The van der Waals surface area contributed by atoms with Crippen LogP contribution in [-0.2, 0) is 4.74 Å². The molecule has 12 heavy (non-hydrogen) atoms. The van der Waals surface area contributed by atoms with Gasteiger partial charge in [0.25, 0.3) is 0 Å². The van der Waals surface area contributed by atoms with Gasteiger partial charge >= 0.3 is 0 Å². The Morgan fingerprint density at radius 2 is 2.33 bits per heavy atom. The Morgan fingerprint density at radius 1 is 1.58 bits per heavy atom. The Kier molecular flexibility index (Phi) is 3.95. The van der Waals surface area contributed by atoms with Crippen LogP contribution in [0.4, 0.5) is 4.39 Å². The zero-order chi connectivity index (χ0) is 8.97. The lowest BCUT2D eigenvalue weighted by molar-refractivity contribution is 0.0727. The van der Waals surface area contributed by atoms with Crippen molar-refractivity contribution < 1.29 is 9.13 Å². The zero-order valence-corrected chi connectivity index (χ0v) is 7.92. The molecule has 1 heterocycles. The van der Waals surface area contributed by atoms with E-state index >= 15 is 0 Å². The molecule has 2 nitrogen and oxygen atoms in total. The SMILES string of the molecule is CC(C)N1CCCOC[C@@H]1CF. The van der Waals surface area contributed by atoms with Crippen molar-refractivity contribution in [3.05, 3.63) is 0 Å². The van der Waals surface area contributed by atoms with Crippen molar-refractivity contribution in [1.29, 1.82) is 0 Å². The molecule has 1 saturated heterocycles. The average Bonchev–Trinajstić information content (AvgIpc) is 2.27. The van der Waals surface area contributed by atoms with E-state index in [-0.39, 0.29) is 12.7 Å². The first kappa shape index (κ1) is 9.93. The van der Waals surface area contributed by atoms with Crippen LogP contribution in [0, 0.1) is 0 Å². The van der Waals surface area contributed by atoms with Gasteiger partial charge in [-0.05, 0) is 20.3 Å². The molecule has 0 aromatic carbocycles. The minimum absolute atomic E-state index is 0.0208. The number of rotatable bonds is 2. The van der Waals surface area contributed by atoms with Crippen LogP contribution in [0.15, 0.2) is 0 Å². The predicted octanol–water partition coefficient (Wildman–Crippen LogP) is 1.46. The summed E-state index contributed by atoms with van der Waals surface area (Å²) in [6.45, 7) is 6.21. The van der Waals surface area contributed by atoms with Crippen molar-refractivity contribution in [2.24, 2.45) is 0 Å². The predicted molar refractivity (Wildman–Crippen MR) is 47.0 cm³/mol. The van der Waals surface area contributed by atoms with E-state index < -0.39 is 0 Å². The van der Waals surface area contributed by atoms with E-state index in [2.05, 4.69) is 18.7 Å². The van der Waals surface area contributed by atoms with Crippen LogP contribution in [0.2, 0.25) is 0 Å². The second-order valence-electron chi connectivity index (χ2n) is 3.57. The highest BCUT2D eigenvalue weighted by atomic mass is 19.1. The lowest BCUT2D eigenvalue weighted by atomic mass is 10.2. The van der Waals surface area contributed by atoms with E-state index in [1.165, 1.54) is 0 Å². The maximum Gasteiger partial charge on any atom is 0.107 e. The second kappa shape index (κ2) is 4.77. The zero-order valence-electron chi connectivity index (χ0n) is 7.92. The molecule has 72 valence electrons. The number of ether oxygens (including phenoxy) is 1. The number of alkyl halides is 1. The van der Waals surface area contributed by atoms with Gasteiger partial charge in [0.2, 0.25) is 0 Å². The van der Waals surface area contributed by atoms with E-state index in [9.17, 15) is 4.39 Å². The fraction of sp³-hybridized carbons (Fsp3) is 1.00. The van der Waals surface area contributed by atoms with E-state index in [1.54, 1.807) is 0 Å². The van der Waals surface area contributed by atoms with Crippen molar-refractivity contribution >= 4 is 0 Å². The third-order valence-corrected chi connectivity index (χ3v) is 2.33. The summed E-state index contributed by atoms with van der Waals surface area (Å²) < 4.78 is 17.8. The second-order valence-corrected chi connectivity index (χ2v) is 3.57. The lowest BCUT2D eigenvalue weighted by Gasteiger charge is -2.30. The van der Waals surface area contributed by atoms with E-state index in [1.807, 2.05) is 0 Å². The molecule has 0 unspecified atom stereocenters. The van der Waals surface area contributed by atoms with Crippen LogP contribution in [0.1, 0.15) is 20.3 Å². The molecule has 1 aliphatic rings. The van der Waals surface area contributed by atoms with Crippen LogP contribution >= 0.6 is 0 Å². The molecule has 0 saturated carbocycles.